The van der Waals surface area contributed by atoms with Crippen LogP contribution in [-0.2, 0) is 19.1 Å². The van der Waals surface area contributed by atoms with Gasteiger partial charge in [-0.15, -0.1) is 0 Å². The first-order valence-corrected chi connectivity index (χ1v) is 10.7. The van der Waals surface area contributed by atoms with E-state index in [1.807, 2.05) is 36.1 Å². The molecule has 7 nitrogen and oxygen atoms in total. The average Bonchev–Trinajstić information content (AvgIpc) is 3.04. The fourth-order valence-electron chi connectivity index (χ4n) is 3.48. The zero-order valence-electron chi connectivity index (χ0n) is 17.3. The fraction of sp³-hybridized carbons (Fsp3) is 0.261. The quantitative estimate of drug-likeness (QED) is 0.525. The van der Waals surface area contributed by atoms with Crippen molar-refractivity contribution in [3.05, 3.63) is 70.3 Å². The monoisotopic (exact) mass is 438 g/mol. The Morgan fingerprint density at radius 2 is 1.61 bits per heavy atom. The third kappa shape index (κ3) is 4.22. The molecule has 0 bridgehead atoms. The number of esters is 1. The van der Waals surface area contributed by atoms with Gasteiger partial charge < -0.3 is 14.4 Å². The number of morpholine rings is 1. The van der Waals surface area contributed by atoms with E-state index < -0.39 is 5.97 Å². The summed E-state index contributed by atoms with van der Waals surface area (Å²) < 4.78 is 10.1. The lowest BCUT2D eigenvalue weighted by atomic mass is 10.2. The average molecular weight is 439 g/mol. The maximum Gasteiger partial charge on any atom is 0.337 e. The van der Waals surface area contributed by atoms with Crippen molar-refractivity contribution in [2.24, 2.45) is 0 Å². The summed E-state index contributed by atoms with van der Waals surface area (Å²) in [6, 6.07) is 14.1. The third-order valence-corrected chi connectivity index (χ3v) is 6.21. The summed E-state index contributed by atoms with van der Waals surface area (Å²) >= 11 is 1.29. The van der Waals surface area contributed by atoms with E-state index in [4.69, 9.17) is 9.47 Å². The van der Waals surface area contributed by atoms with E-state index >= 15 is 0 Å². The van der Waals surface area contributed by atoms with Gasteiger partial charge in [-0.25, -0.2) is 9.69 Å². The highest BCUT2D eigenvalue weighted by molar-refractivity contribution is 8.04. The molecule has 0 radical (unpaired) electrons. The van der Waals surface area contributed by atoms with Crippen molar-refractivity contribution in [1.82, 2.24) is 4.90 Å². The normalized spacial score (nSPS) is 16.8. The van der Waals surface area contributed by atoms with Crippen LogP contribution in [0.4, 0.5) is 5.69 Å². The number of benzene rings is 2. The summed E-state index contributed by atoms with van der Waals surface area (Å²) in [6.45, 7) is 4.09. The Labute approximate surface area is 184 Å². The van der Waals surface area contributed by atoms with Gasteiger partial charge in [0.05, 0.1) is 31.6 Å². The molecule has 0 unspecified atom stereocenters. The van der Waals surface area contributed by atoms with Gasteiger partial charge in [0.15, 0.2) is 0 Å². The standard InChI is InChI=1S/C23H22N2O5S/c1-15-3-9-18(10-4-15)31-20-19(24-11-13-30-14-12-24)21(26)25(22(20)27)17-7-5-16(6-8-17)23(28)29-2/h3-10H,11-14H2,1-2H3. The molecule has 0 spiro atoms. The lowest BCUT2D eigenvalue weighted by Gasteiger charge is -2.29. The van der Waals surface area contributed by atoms with Crippen molar-refractivity contribution < 1.29 is 23.9 Å². The second-order valence-electron chi connectivity index (χ2n) is 7.18. The van der Waals surface area contributed by atoms with Gasteiger partial charge in [0.2, 0.25) is 0 Å². The minimum Gasteiger partial charge on any atom is -0.465 e. The number of hydrogen-bond acceptors (Lipinski definition) is 7. The minimum atomic E-state index is -0.478. The molecule has 8 heteroatoms. The molecule has 1 saturated heterocycles. The van der Waals surface area contributed by atoms with Crippen molar-refractivity contribution >= 4 is 35.2 Å². The number of thioether (sulfide) groups is 1. The van der Waals surface area contributed by atoms with E-state index in [1.54, 1.807) is 24.3 Å². The van der Waals surface area contributed by atoms with Crippen molar-refractivity contribution in [1.29, 1.82) is 0 Å². The molecule has 2 heterocycles. The summed E-state index contributed by atoms with van der Waals surface area (Å²) in [5, 5.41) is 0. The van der Waals surface area contributed by atoms with Crippen molar-refractivity contribution in [2.45, 2.75) is 11.8 Å². The number of amides is 2. The van der Waals surface area contributed by atoms with Gasteiger partial charge in [0.1, 0.15) is 10.6 Å². The predicted octanol–water partition coefficient (Wildman–Crippen LogP) is 2.99. The molecule has 0 saturated carbocycles. The molecule has 0 aliphatic carbocycles. The molecule has 0 aromatic heterocycles. The Bertz CT molecular complexity index is 1040. The van der Waals surface area contributed by atoms with Crippen LogP contribution in [0.1, 0.15) is 15.9 Å². The summed E-state index contributed by atoms with van der Waals surface area (Å²) in [7, 11) is 1.30. The molecule has 4 rings (SSSR count). The largest absolute Gasteiger partial charge is 0.465 e. The van der Waals surface area contributed by atoms with Gasteiger partial charge in [0, 0.05) is 18.0 Å². The smallest absolute Gasteiger partial charge is 0.337 e. The maximum absolute atomic E-state index is 13.4. The van der Waals surface area contributed by atoms with Crippen LogP contribution in [0.5, 0.6) is 0 Å². The van der Waals surface area contributed by atoms with Gasteiger partial charge in [-0.2, -0.15) is 0 Å². The molecule has 0 N–H and O–H groups in total. The van der Waals surface area contributed by atoms with Gasteiger partial charge >= 0.3 is 5.97 Å². The Hall–Kier alpha value is -3.10. The molecule has 2 amide bonds. The van der Waals surface area contributed by atoms with Crippen LogP contribution in [0.25, 0.3) is 0 Å². The number of hydrogen-bond donors (Lipinski definition) is 0. The van der Waals surface area contributed by atoms with Crippen LogP contribution in [0.3, 0.4) is 0 Å². The Morgan fingerprint density at radius 1 is 0.968 bits per heavy atom. The number of ether oxygens (including phenoxy) is 2. The number of carbonyl (C=O) groups excluding carboxylic acids is 3. The van der Waals surface area contributed by atoms with Gasteiger partial charge in [-0.3, -0.25) is 9.59 Å². The van der Waals surface area contributed by atoms with Gasteiger partial charge in [0.25, 0.3) is 11.8 Å². The molecular weight excluding hydrogens is 416 g/mol. The first-order valence-electron chi connectivity index (χ1n) is 9.88. The Balaban J connectivity index is 1.69. The highest BCUT2D eigenvalue weighted by Gasteiger charge is 2.42. The van der Waals surface area contributed by atoms with E-state index in [0.717, 1.165) is 10.5 Å². The highest BCUT2D eigenvalue weighted by atomic mass is 32.2. The summed E-state index contributed by atoms with van der Waals surface area (Å²) in [6.07, 6.45) is 0. The summed E-state index contributed by atoms with van der Waals surface area (Å²) in [4.78, 5) is 42.9. The fourth-order valence-corrected chi connectivity index (χ4v) is 4.48. The molecule has 31 heavy (non-hydrogen) atoms. The lowest BCUT2D eigenvalue weighted by molar-refractivity contribution is -0.121. The number of imide groups is 1. The molecule has 0 atom stereocenters. The highest BCUT2D eigenvalue weighted by Crippen LogP contribution is 2.39. The Kier molecular flexibility index (Phi) is 6.11. The van der Waals surface area contributed by atoms with Crippen LogP contribution in [0, 0.1) is 6.92 Å². The molecule has 1 fully saturated rings. The SMILES string of the molecule is COC(=O)c1ccc(N2C(=O)C(Sc3ccc(C)cc3)=C(N3CCOCC3)C2=O)cc1. The van der Waals surface area contributed by atoms with Crippen LogP contribution in [0.2, 0.25) is 0 Å². The summed E-state index contributed by atoms with van der Waals surface area (Å²) in [5.74, 6) is -1.22. The number of rotatable bonds is 5. The molecular formula is C23H22N2O5S. The number of anilines is 1. The predicted molar refractivity (Wildman–Crippen MR) is 117 cm³/mol. The lowest BCUT2D eigenvalue weighted by Crippen LogP contribution is -2.40. The van der Waals surface area contributed by atoms with Crippen LogP contribution in [-0.4, -0.2) is 56.1 Å². The zero-order valence-corrected chi connectivity index (χ0v) is 18.1. The second-order valence-corrected chi connectivity index (χ2v) is 8.26. The third-order valence-electron chi connectivity index (χ3n) is 5.13. The molecule has 2 aliphatic heterocycles. The van der Waals surface area contributed by atoms with E-state index in [-0.39, 0.29) is 11.8 Å². The number of nitrogens with zero attached hydrogens (tertiary/aromatic N) is 2. The maximum atomic E-state index is 13.4. The van der Waals surface area contributed by atoms with Crippen molar-refractivity contribution in [3.8, 4) is 0 Å². The van der Waals surface area contributed by atoms with E-state index in [0.29, 0.717) is 48.2 Å². The van der Waals surface area contributed by atoms with Crippen LogP contribution in [0.15, 0.2) is 64.0 Å². The first-order chi connectivity index (χ1) is 15.0. The van der Waals surface area contributed by atoms with Gasteiger partial charge in [-0.1, -0.05) is 29.5 Å². The molecule has 160 valence electrons. The second kappa shape index (κ2) is 8.95. The topological polar surface area (TPSA) is 76.2 Å². The Morgan fingerprint density at radius 3 is 2.23 bits per heavy atom. The number of aryl methyl sites for hydroxylation is 1. The van der Waals surface area contributed by atoms with Crippen LogP contribution < -0.4 is 4.90 Å². The van der Waals surface area contributed by atoms with Crippen LogP contribution >= 0.6 is 11.8 Å². The first kappa shape index (κ1) is 21.1. The van der Waals surface area contributed by atoms with Gasteiger partial charge in [-0.05, 0) is 43.3 Å². The van der Waals surface area contributed by atoms with E-state index in [1.165, 1.54) is 23.8 Å². The molecule has 2 aromatic carbocycles. The van der Waals surface area contributed by atoms with Crippen molar-refractivity contribution in [2.75, 3.05) is 38.3 Å². The van der Waals surface area contributed by atoms with E-state index in [2.05, 4.69) is 0 Å². The molecule has 2 aliphatic rings. The minimum absolute atomic E-state index is 0.348. The zero-order chi connectivity index (χ0) is 22.0. The number of methoxy groups -OCH3 is 1. The van der Waals surface area contributed by atoms with E-state index in [9.17, 15) is 14.4 Å². The van der Waals surface area contributed by atoms with Crippen molar-refractivity contribution in [3.63, 3.8) is 0 Å². The number of carbonyl (C=O) groups is 3. The summed E-state index contributed by atoms with van der Waals surface area (Å²) in [5.41, 5.74) is 2.28. The molecule has 2 aromatic rings.